The van der Waals surface area contributed by atoms with E-state index in [1.807, 2.05) is 6.07 Å². The number of nitrogens with zero attached hydrogens (tertiary/aromatic N) is 2. The Morgan fingerprint density at radius 3 is 2.81 bits per heavy atom. The average molecular weight is 503 g/mol. The number of hydrogen-bond acceptors (Lipinski definition) is 5. The van der Waals surface area contributed by atoms with E-state index in [1.54, 1.807) is 31.4 Å². The zero-order valence-corrected chi connectivity index (χ0v) is 20.4. The van der Waals surface area contributed by atoms with E-state index >= 15 is 0 Å². The van der Waals surface area contributed by atoms with Crippen molar-refractivity contribution < 1.29 is 23.5 Å². The topological polar surface area (TPSA) is 115 Å². The van der Waals surface area contributed by atoms with Crippen molar-refractivity contribution >= 4 is 28.5 Å². The number of aromatic nitrogens is 1. The highest BCUT2D eigenvalue weighted by molar-refractivity contribution is 6.02. The third-order valence-corrected chi connectivity index (χ3v) is 7.37. The van der Waals surface area contributed by atoms with Gasteiger partial charge in [-0.15, -0.1) is 0 Å². The van der Waals surface area contributed by atoms with Gasteiger partial charge in [-0.1, -0.05) is 18.2 Å². The molecular formula is C28H27FN4O4. The van der Waals surface area contributed by atoms with Crippen LogP contribution in [0.1, 0.15) is 53.3 Å². The molecule has 2 amide bonds. The van der Waals surface area contributed by atoms with Crippen molar-refractivity contribution in [2.75, 3.05) is 13.7 Å². The number of H-pyrrole nitrogens is 1. The molecule has 2 heterocycles. The molecule has 0 radical (unpaired) electrons. The first-order valence-corrected chi connectivity index (χ1v) is 12.4. The number of Topliss-reactive ketones (excluding diaryl/α,β-unsaturated/α-hetero) is 1. The molecule has 1 aliphatic carbocycles. The van der Waals surface area contributed by atoms with E-state index in [0.717, 1.165) is 11.8 Å². The highest BCUT2D eigenvalue weighted by atomic mass is 19.1. The minimum atomic E-state index is -1.13. The number of carbonyl (C=O) groups excluding carboxylic acids is 3. The summed E-state index contributed by atoms with van der Waals surface area (Å²) in [6.07, 6.45) is 2.43. The third-order valence-electron chi connectivity index (χ3n) is 7.37. The van der Waals surface area contributed by atoms with E-state index in [1.165, 1.54) is 17.0 Å². The quantitative estimate of drug-likeness (QED) is 0.532. The van der Waals surface area contributed by atoms with Gasteiger partial charge in [0.15, 0.2) is 0 Å². The number of nitrogens with one attached hydrogen (secondary N) is 2. The molecule has 1 aromatic heterocycles. The summed E-state index contributed by atoms with van der Waals surface area (Å²) >= 11 is 0. The van der Waals surface area contributed by atoms with Gasteiger partial charge in [0.25, 0.3) is 5.91 Å². The average Bonchev–Trinajstić information content (AvgIpc) is 3.53. The second-order valence-corrected chi connectivity index (χ2v) is 9.54. The Morgan fingerprint density at radius 1 is 1.27 bits per heavy atom. The molecule has 2 N–H and O–H groups in total. The SMILES string of the molecule is COc1cccc2[nH]c(C(=O)N3CCc4c(F)cccc4[C@H]3C(=O)N[C@H](C#N)C[C@@H]3CCCC3=O)cc12. The highest BCUT2D eigenvalue weighted by Gasteiger charge is 2.39. The third kappa shape index (κ3) is 4.55. The lowest BCUT2D eigenvalue weighted by Gasteiger charge is -2.36. The van der Waals surface area contributed by atoms with Gasteiger partial charge in [-0.05, 0) is 61.1 Å². The zero-order valence-electron chi connectivity index (χ0n) is 20.4. The van der Waals surface area contributed by atoms with Crippen LogP contribution >= 0.6 is 0 Å². The Morgan fingerprint density at radius 2 is 2.08 bits per heavy atom. The minimum absolute atomic E-state index is 0.102. The van der Waals surface area contributed by atoms with Gasteiger partial charge in [0.2, 0.25) is 5.91 Å². The lowest BCUT2D eigenvalue weighted by molar-refractivity contribution is -0.127. The maximum absolute atomic E-state index is 14.7. The summed E-state index contributed by atoms with van der Waals surface area (Å²) in [4.78, 5) is 44.0. The number of halogens is 1. The fraction of sp³-hybridized carbons (Fsp3) is 0.357. The van der Waals surface area contributed by atoms with Gasteiger partial charge in [-0.25, -0.2) is 4.39 Å². The number of fused-ring (bicyclic) bond motifs is 2. The number of benzene rings is 2. The number of nitriles is 1. The number of hydrogen-bond donors (Lipinski definition) is 2. The molecule has 1 fully saturated rings. The van der Waals surface area contributed by atoms with Gasteiger partial charge in [-0.3, -0.25) is 14.4 Å². The predicted molar refractivity (Wildman–Crippen MR) is 133 cm³/mol. The van der Waals surface area contributed by atoms with Crippen molar-refractivity contribution in [3.05, 3.63) is 65.1 Å². The molecule has 0 spiro atoms. The van der Waals surface area contributed by atoms with Crippen molar-refractivity contribution in [1.29, 1.82) is 5.26 Å². The molecule has 2 aliphatic rings. The van der Waals surface area contributed by atoms with Gasteiger partial charge < -0.3 is 19.9 Å². The Bertz CT molecular complexity index is 1430. The Labute approximate surface area is 213 Å². The first-order valence-electron chi connectivity index (χ1n) is 12.4. The van der Waals surface area contributed by atoms with Crippen molar-refractivity contribution in [3.63, 3.8) is 0 Å². The van der Waals surface area contributed by atoms with Gasteiger partial charge >= 0.3 is 0 Å². The Kier molecular flexibility index (Phi) is 6.66. The maximum atomic E-state index is 14.7. The van der Waals surface area contributed by atoms with Crippen LogP contribution in [-0.2, 0) is 16.0 Å². The van der Waals surface area contributed by atoms with E-state index in [0.29, 0.717) is 35.2 Å². The van der Waals surface area contributed by atoms with Crippen LogP contribution in [-0.4, -0.2) is 47.2 Å². The van der Waals surface area contributed by atoms with Crippen molar-refractivity contribution in [3.8, 4) is 11.8 Å². The molecule has 8 nitrogen and oxygen atoms in total. The molecule has 1 aliphatic heterocycles. The molecule has 9 heteroatoms. The van der Waals surface area contributed by atoms with Crippen LogP contribution in [0.25, 0.3) is 10.9 Å². The van der Waals surface area contributed by atoms with Crippen LogP contribution in [0.2, 0.25) is 0 Å². The number of carbonyl (C=O) groups is 3. The van der Waals surface area contributed by atoms with E-state index in [9.17, 15) is 24.0 Å². The van der Waals surface area contributed by atoms with Crippen LogP contribution in [0.5, 0.6) is 5.75 Å². The zero-order chi connectivity index (χ0) is 26.1. The molecule has 2 aromatic carbocycles. The summed E-state index contributed by atoms with van der Waals surface area (Å²) in [7, 11) is 1.55. The predicted octanol–water partition coefficient (Wildman–Crippen LogP) is 3.82. The standard InChI is InChI=1S/C28H27FN4O4/c1-37-25-10-4-8-22-20(25)14-23(32-22)28(36)33-12-11-18-19(6-3-7-21(18)29)26(33)27(35)31-17(15-30)13-16-5-2-9-24(16)34/h3-4,6-8,10,14,16-17,26,32H,2,5,9,11-13H2,1H3,(H,31,35)/t16-,17-,26-/m0/s1. The van der Waals surface area contributed by atoms with Gasteiger partial charge in [0.05, 0.1) is 13.2 Å². The van der Waals surface area contributed by atoms with Gasteiger partial charge in [-0.2, -0.15) is 5.26 Å². The molecule has 0 unspecified atom stereocenters. The maximum Gasteiger partial charge on any atom is 0.271 e. The molecule has 3 aromatic rings. The van der Waals surface area contributed by atoms with Crippen LogP contribution in [0.3, 0.4) is 0 Å². The van der Waals surface area contributed by atoms with Crippen LogP contribution < -0.4 is 10.1 Å². The smallest absolute Gasteiger partial charge is 0.271 e. The molecule has 0 bridgehead atoms. The number of aromatic amines is 1. The Hall–Kier alpha value is -4.19. The van der Waals surface area contributed by atoms with Crippen molar-refractivity contribution in [1.82, 2.24) is 15.2 Å². The fourth-order valence-corrected chi connectivity index (χ4v) is 5.52. The summed E-state index contributed by atoms with van der Waals surface area (Å²) in [6.45, 7) is 0.121. The monoisotopic (exact) mass is 502 g/mol. The van der Waals surface area contributed by atoms with E-state index < -0.39 is 29.7 Å². The summed E-state index contributed by atoms with van der Waals surface area (Å²) < 4.78 is 20.1. The molecule has 190 valence electrons. The second kappa shape index (κ2) is 10.1. The summed E-state index contributed by atoms with van der Waals surface area (Å²) in [5, 5.41) is 13.2. The summed E-state index contributed by atoms with van der Waals surface area (Å²) in [6, 6.07) is 11.6. The lowest BCUT2D eigenvalue weighted by atomic mass is 9.90. The molecule has 5 rings (SSSR count). The van der Waals surface area contributed by atoms with E-state index in [4.69, 9.17) is 4.74 Å². The number of methoxy groups -OCH3 is 1. The first-order chi connectivity index (χ1) is 17.9. The first kappa shape index (κ1) is 24.5. The van der Waals surface area contributed by atoms with Crippen LogP contribution in [0.15, 0.2) is 42.5 Å². The van der Waals surface area contributed by atoms with E-state index in [2.05, 4.69) is 16.4 Å². The Balaban J connectivity index is 1.47. The molecule has 3 atom stereocenters. The number of amides is 2. The van der Waals surface area contributed by atoms with Gasteiger partial charge in [0, 0.05) is 29.8 Å². The van der Waals surface area contributed by atoms with Crippen molar-refractivity contribution in [2.45, 2.75) is 44.2 Å². The number of rotatable bonds is 6. The molecule has 0 saturated heterocycles. The number of ether oxygens (including phenoxy) is 1. The van der Waals surface area contributed by atoms with E-state index in [-0.39, 0.29) is 36.8 Å². The van der Waals surface area contributed by atoms with Crippen LogP contribution in [0.4, 0.5) is 4.39 Å². The second-order valence-electron chi connectivity index (χ2n) is 9.54. The molecule has 37 heavy (non-hydrogen) atoms. The molecule has 1 saturated carbocycles. The molecular weight excluding hydrogens is 475 g/mol. The fourth-order valence-electron chi connectivity index (χ4n) is 5.52. The minimum Gasteiger partial charge on any atom is -0.496 e. The lowest BCUT2D eigenvalue weighted by Crippen LogP contribution is -2.49. The normalized spacial score (nSPS) is 19.8. The summed E-state index contributed by atoms with van der Waals surface area (Å²) in [5.74, 6) is -0.998. The largest absolute Gasteiger partial charge is 0.496 e. The summed E-state index contributed by atoms with van der Waals surface area (Å²) in [5.41, 5.74) is 1.74. The highest BCUT2D eigenvalue weighted by Crippen LogP contribution is 2.34. The number of ketones is 1. The van der Waals surface area contributed by atoms with Gasteiger partial charge in [0.1, 0.15) is 35.1 Å². The van der Waals surface area contributed by atoms with Crippen molar-refractivity contribution in [2.24, 2.45) is 5.92 Å². The van der Waals surface area contributed by atoms with Crippen LogP contribution in [0, 0.1) is 23.1 Å².